The van der Waals surface area contributed by atoms with Crippen LogP contribution < -0.4 is 4.74 Å². The summed E-state index contributed by atoms with van der Waals surface area (Å²) in [6, 6.07) is 11.7. The third kappa shape index (κ3) is 4.13. The molecule has 1 aliphatic rings. The second kappa shape index (κ2) is 7.47. The van der Waals surface area contributed by atoms with Crippen LogP contribution in [0.15, 0.2) is 42.6 Å². The number of aryl methyl sites for hydroxylation is 2. The molecule has 0 N–H and O–H groups in total. The summed E-state index contributed by atoms with van der Waals surface area (Å²) in [6.45, 7) is 6.28. The number of pyridine rings is 1. The molecule has 0 bridgehead atoms. The Morgan fingerprint density at radius 1 is 1.21 bits per heavy atom. The van der Waals surface area contributed by atoms with Gasteiger partial charge in [-0.2, -0.15) is 0 Å². The minimum atomic E-state index is 0.142. The van der Waals surface area contributed by atoms with Gasteiger partial charge in [0.25, 0.3) is 5.91 Å². The lowest BCUT2D eigenvalue weighted by molar-refractivity contribution is 0.0661. The average Bonchev–Trinajstić information content (AvgIpc) is 2.60. The van der Waals surface area contributed by atoms with E-state index in [-0.39, 0.29) is 5.91 Å². The molecule has 0 spiro atoms. The average molecular weight is 324 g/mol. The predicted octanol–water partition coefficient (Wildman–Crippen LogP) is 3.63. The SMILES string of the molecule is Cc1cccc(C(=O)N2CCC(COc3ccnc(C)c3)CC2)c1. The summed E-state index contributed by atoms with van der Waals surface area (Å²) >= 11 is 0. The summed E-state index contributed by atoms with van der Waals surface area (Å²) in [5.74, 6) is 1.52. The third-order valence-corrected chi connectivity index (χ3v) is 4.52. The van der Waals surface area contributed by atoms with Gasteiger partial charge >= 0.3 is 0 Å². The topological polar surface area (TPSA) is 42.4 Å². The van der Waals surface area contributed by atoms with Crippen LogP contribution in [0.2, 0.25) is 0 Å². The van der Waals surface area contributed by atoms with Gasteiger partial charge in [0.1, 0.15) is 5.75 Å². The van der Waals surface area contributed by atoms with Gasteiger partial charge in [-0.3, -0.25) is 9.78 Å². The first kappa shape index (κ1) is 16.5. The van der Waals surface area contributed by atoms with Gasteiger partial charge in [-0.05, 0) is 50.8 Å². The third-order valence-electron chi connectivity index (χ3n) is 4.52. The Bertz CT molecular complexity index is 706. The van der Waals surface area contributed by atoms with Gasteiger partial charge < -0.3 is 9.64 Å². The van der Waals surface area contributed by atoms with E-state index in [1.807, 2.05) is 55.1 Å². The number of aromatic nitrogens is 1. The number of benzene rings is 1. The zero-order valence-electron chi connectivity index (χ0n) is 14.4. The Kier molecular flexibility index (Phi) is 5.14. The van der Waals surface area contributed by atoms with E-state index in [0.717, 1.165) is 48.5 Å². The fourth-order valence-electron chi connectivity index (χ4n) is 3.09. The lowest BCUT2D eigenvalue weighted by Crippen LogP contribution is -2.39. The second-order valence-corrected chi connectivity index (χ2v) is 6.55. The maximum absolute atomic E-state index is 12.6. The molecule has 0 atom stereocenters. The van der Waals surface area contributed by atoms with Gasteiger partial charge in [0.05, 0.1) is 6.61 Å². The zero-order valence-corrected chi connectivity index (χ0v) is 14.4. The molecule has 1 fully saturated rings. The largest absolute Gasteiger partial charge is 0.493 e. The quantitative estimate of drug-likeness (QED) is 0.862. The van der Waals surface area contributed by atoms with E-state index in [2.05, 4.69) is 4.98 Å². The standard InChI is InChI=1S/C20H24N2O2/c1-15-4-3-5-18(12-15)20(23)22-10-7-17(8-11-22)14-24-19-6-9-21-16(2)13-19/h3-6,9,12-13,17H,7-8,10-11,14H2,1-2H3. The van der Waals surface area contributed by atoms with Gasteiger partial charge in [0, 0.05) is 36.6 Å². The van der Waals surface area contributed by atoms with Gasteiger partial charge in [0.15, 0.2) is 0 Å². The fraction of sp³-hybridized carbons (Fsp3) is 0.400. The summed E-state index contributed by atoms with van der Waals surface area (Å²) in [6.07, 6.45) is 3.75. The number of ether oxygens (including phenoxy) is 1. The molecule has 24 heavy (non-hydrogen) atoms. The molecule has 1 saturated heterocycles. The molecule has 126 valence electrons. The van der Waals surface area contributed by atoms with E-state index in [9.17, 15) is 4.79 Å². The second-order valence-electron chi connectivity index (χ2n) is 6.55. The summed E-state index contributed by atoms with van der Waals surface area (Å²) in [7, 11) is 0. The first-order valence-electron chi connectivity index (χ1n) is 8.53. The van der Waals surface area contributed by atoms with Crippen molar-refractivity contribution in [1.82, 2.24) is 9.88 Å². The number of carbonyl (C=O) groups is 1. The highest BCUT2D eigenvalue weighted by Crippen LogP contribution is 2.21. The Labute approximate surface area is 143 Å². The Morgan fingerprint density at radius 2 is 2.00 bits per heavy atom. The van der Waals surface area contributed by atoms with Crippen LogP contribution in [0, 0.1) is 19.8 Å². The smallest absolute Gasteiger partial charge is 0.253 e. The predicted molar refractivity (Wildman–Crippen MR) is 94.3 cm³/mol. The number of rotatable bonds is 4. The van der Waals surface area contributed by atoms with Crippen molar-refractivity contribution in [2.75, 3.05) is 19.7 Å². The monoisotopic (exact) mass is 324 g/mol. The molecule has 4 nitrogen and oxygen atoms in total. The van der Waals surface area contributed by atoms with Crippen LogP contribution >= 0.6 is 0 Å². The lowest BCUT2D eigenvalue weighted by Gasteiger charge is -2.32. The van der Waals surface area contributed by atoms with Crippen LogP contribution in [0.4, 0.5) is 0 Å². The van der Waals surface area contributed by atoms with Crippen molar-refractivity contribution in [3.05, 3.63) is 59.4 Å². The van der Waals surface area contributed by atoms with Gasteiger partial charge in [-0.25, -0.2) is 0 Å². The van der Waals surface area contributed by atoms with Crippen molar-refractivity contribution < 1.29 is 9.53 Å². The normalized spacial score (nSPS) is 15.3. The van der Waals surface area contributed by atoms with Crippen molar-refractivity contribution in [1.29, 1.82) is 0 Å². The molecule has 2 aromatic rings. The molecule has 0 saturated carbocycles. The number of hydrogen-bond donors (Lipinski definition) is 0. The number of hydrogen-bond acceptors (Lipinski definition) is 3. The molecule has 0 unspecified atom stereocenters. The van der Waals surface area contributed by atoms with Crippen molar-refractivity contribution in [3.63, 3.8) is 0 Å². The van der Waals surface area contributed by atoms with Crippen molar-refractivity contribution in [2.45, 2.75) is 26.7 Å². The van der Waals surface area contributed by atoms with Crippen molar-refractivity contribution in [2.24, 2.45) is 5.92 Å². The maximum atomic E-state index is 12.6. The first-order chi connectivity index (χ1) is 11.6. The Balaban J connectivity index is 1.49. The number of nitrogens with zero attached hydrogens (tertiary/aromatic N) is 2. The minimum Gasteiger partial charge on any atom is -0.493 e. The molecule has 1 amide bonds. The van der Waals surface area contributed by atoms with E-state index in [0.29, 0.717) is 12.5 Å². The first-order valence-corrected chi connectivity index (χ1v) is 8.53. The molecule has 1 aromatic heterocycles. The summed E-state index contributed by atoms with van der Waals surface area (Å²) < 4.78 is 5.88. The number of piperidine rings is 1. The van der Waals surface area contributed by atoms with Crippen LogP contribution in [0.1, 0.15) is 34.5 Å². The molecule has 1 aromatic carbocycles. The number of amides is 1. The van der Waals surface area contributed by atoms with Gasteiger partial charge in [0.2, 0.25) is 0 Å². The van der Waals surface area contributed by atoms with Crippen LogP contribution in [-0.4, -0.2) is 35.5 Å². The zero-order chi connectivity index (χ0) is 16.9. The molecular formula is C20H24N2O2. The van der Waals surface area contributed by atoms with E-state index >= 15 is 0 Å². The Morgan fingerprint density at radius 3 is 2.71 bits per heavy atom. The van der Waals surface area contributed by atoms with Crippen molar-refractivity contribution >= 4 is 5.91 Å². The van der Waals surface area contributed by atoms with E-state index in [1.165, 1.54) is 0 Å². The highest BCUT2D eigenvalue weighted by atomic mass is 16.5. The molecule has 0 aliphatic carbocycles. The number of carbonyl (C=O) groups excluding carboxylic acids is 1. The van der Waals surface area contributed by atoms with Crippen LogP contribution in [0.5, 0.6) is 5.75 Å². The minimum absolute atomic E-state index is 0.142. The summed E-state index contributed by atoms with van der Waals surface area (Å²) in [5, 5.41) is 0. The molecule has 2 heterocycles. The molecular weight excluding hydrogens is 300 g/mol. The summed E-state index contributed by atoms with van der Waals surface area (Å²) in [4.78, 5) is 18.7. The maximum Gasteiger partial charge on any atom is 0.253 e. The highest BCUT2D eigenvalue weighted by Gasteiger charge is 2.24. The van der Waals surface area contributed by atoms with E-state index in [1.54, 1.807) is 6.20 Å². The molecule has 0 radical (unpaired) electrons. The van der Waals surface area contributed by atoms with E-state index < -0.39 is 0 Å². The van der Waals surface area contributed by atoms with Crippen LogP contribution in [0.3, 0.4) is 0 Å². The summed E-state index contributed by atoms with van der Waals surface area (Å²) in [5.41, 5.74) is 2.87. The fourth-order valence-corrected chi connectivity index (χ4v) is 3.09. The van der Waals surface area contributed by atoms with Crippen molar-refractivity contribution in [3.8, 4) is 5.75 Å². The van der Waals surface area contributed by atoms with Gasteiger partial charge in [-0.1, -0.05) is 17.7 Å². The molecule has 1 aliphatic heterocycles. The van der Waals surface area contributed by atoms with Crippen LogP contribution in [0.25, 0.3) is 0 Å². The number of likely N-dealkylation sites (tertiary alicyclic amines) is 1. The molecule has 4 heteroatoms. The highest BCUT2D eigenvalue weighted by molar-refractivity contribution is 5.94. The lowest BCUT2D eigenvalue weighted by atomic mass is 9.97. The van der Waals surface area contributed by atoms with Crippen LogP contribution in [-0.2, 0) is 0 Å². The molecule has 3 rings (SSSR count). The van der Waals surface area contributed by atoms with Gasteiger partial charge in [-0.15, -0.1) is 0 Å². The Hall–Kier alpha value is -2.36. The van der Waals surface area contributed by atoms with E-state index in [4.69, 9.17) is 4.74 Å².